The lowest BCUT2D eigenvalue weighted by atomic mass is 9.97. The van der Waals surface area contributed by atoms with Crippen LogP contribution in [0, 0.1) is 31.6 Å². The maximum Gasteiger partial charge on any atom is 0.253 e. The van der Waals surface area contributed by atoms with Gasteiger partial charge in [-0.2, -0.15) is 0 Å². The summed E-state index contributed by atoms with van der Waals surface area (Å²) in [6.45, 7) is 4.41. The van der Waals surface area contributed by atoms with Crippen LogP contribution in [0.1, 0.15) is 35.1 Å². The summed E-state index contributed by atoms with van der Waals surface area (Å²) < 4.78 is 10.5. The van der Waals surface area contributed by atoms with E-state index in [0.717, 1.165) is 40.2 Å². The number of hydrogen-bond acceptors (Lipinski definition) is 4. The van der Waals surface area contributed by atoms with Crippen molar-refractivity contribution >= 4 is 17.9 Å². The molecule has 2 aromatic rings. The third kappa shape index (κ3) is 5.35. The molecule has 31 heavy (non-hydrogen) atoms. The minimum atomic E-state index is -0.477. The highest BCUT2D eigenvalue weighted by Crippen LogP contribution is 2.24. The molecule has 0 aliphatic carbocycles. The first-order valence-corrected chi connectivity index (χ1v) is 10.3. The highest BCUT2D eigenvalue weighted by atomic mass is 16.5. The van der Waals surface area contributed by atoms with Crippen LogP contribution in [0.4, 0.5) is 0 Å². The number of likely N-dealkylation sites (tertiary alicyclic amines) is 1. The van der Waals surface area contributed by atoms with Crippen LogP contribution in [0.25, 0.3) is 6.08 Å². The summed E-state index contributed by atoms with van der Waals surface area (Å²) >= 11 is 0. The van der Waals surface area contributed by atoms with Gasteiger partial charge >= 0.3 is 0 Å². The van der Waals surface area contributed by atoms with Gasteiger partial charge in [0, 0.05) is 18.2 Å². The molecule has 2 amide bonds. The molecule has 1 heterocycles. The molecule has 0 aromatic heterocycles. The molecular weight excluding hydrogens is 390 g/mol. The molecule has 5 heteroatoms. The topological polar surface area (TPSA) is 55.8 Å². The van der Waals surface area contributed by atoms with Crippen LogP contribution in [0.15, 0.2) is 42.5 Å². The first kappa shape index (κ1) is 22.2. The highest BCUT2D eigenvalue weighted by Gasteiger charge is 2.30. The van der Waals surface area contributed by atoms with Crippen LogP contribution < -0.4 is 9.47 Å². The molecule has 3 rings (SSSR count). The van der Waals surface area contributed by atoms with Gasteiger partial charge in [0.1, 0.15) is 17.4 Å². The van der Waals surface area contributed by atoms with E-state index >= 15 is 0 Å². The molecule has 160 valence electrons. The van der Waals surface area contributed by atoms with E-state index in [-0.39, 0.29) is 11.8 Å². The Kier molecular flexibility index (Phi) is 7.15. The van der Waals surface area contributed by atoms with Crippen LogP contribution in [-0.2, 0) is 9.59 Å². The molecule has 0 radical (unpaired) electrons. The summed E-state index contributed by atoms with van der Waals surface area (Å²) in [5, 5.41) is 0. The van der Waals surface area contributed by atoms with Crippen molar-refractivity contribution in [3.8, 4) is 23.3 Å². The first-order chi connectivity index (χ1) is 14.9. The van der Waals surface area contributed by atoms with Crippen molar-refractivity contribution in [2.75, 3.05) is 20.8 Å². The summed E-state index contributed by atoms with van der Waals surface area (Å²) in [6.07, 6.45) is 4.56. The lowest BCUT2D eigenvalue weighted by Crippen LogP contribution is -2.43. The second kappa shape index (κ2) is 9.99. The fraction of sp³-hybridized carbons (Fsp3) is 0.308. The summed E-state index contributed by atoms with van der Waals surface area (Å²) in [4.78, 5) is 26.8. The predicted octanol–water partition coefficient (Wildman–Crippen LogP) is 4.15. The zero-order chi connectivity index (χ0) is 22.4. The minimum Gasteiger partial charge on any atom is -0.497 e. The number of carbonyl (C=O) groups excluding carboxylic acids is 2. The third-order valence-electron chi connectivity index (χ3n) is 5.47. The van der Waals surface area contributed by atoms with Crippen molar-refractivity contribution in [2.45, 2.75) is 26.7 Å². The van der Waals surface area contributed by atoms with Gasteiger partial charge in [0.15, 0.2) is 0 Å². The fourth-order valence-corrected chi connectivity index (χ4v) is 3.49. The van der Waals surface area contributed by atoms with E-state index in [1.807, 2.05) is 50.2 Å². The molecular formula is C26H27NO4. The van der Waals surface area contributed by atoms with Crippen molar-refractivity contribution in [2.24, 2.45) is 5.92 Å². The summed E-state index contributed by atoms with van der Waals surface area (Å²) in [7, 11) is 3.23. The van der Waals surface area contributed by atoms with Gasteiger partial charge in [-0.15, -0.1) is 0 Å². The lowest BCUT2D eigenvalue weighted by Gasteiger charge is -2.27. The van der Waals surface area contributed by atoms with Gasteiger partial charge in [0.2, 0.25) is 5.91 Å². The van der Waals surface area contributed by atoms with E-state index in [9.17, 15) is 9.59 Å². The summed E-state index contributed by atoms with van der Waals surface area (Å²) in [6, 6.07) is 11.2. The van der Waals surface area contributed by atoms with Crippen LogP contribution in [0.2, 0.25) is 0 Å². The van der Waals surface area contributed by atoms with Gasteiger partial charge < -0.3 is 9.47 Å². The molecule has 5 nitrogen and oxygen atoms in total. The first-order valence-electron chi connectivity index (χ1n) is 10.3. The Balaban J connectivity index is 1.71. The van der Waals surface area contributed by atoms with E-state index in [1.54, 1.807) is 20.3 Å². The maximum atomic E-state index is 12.8. The molecule has 0 bridgehead atoms. The van der Waals surface area contributed by atoms with Crippen molar-refractivity contribution in [3.05, 3.63) is 64.7 Å². The van der Waals surface area contributed by atoms with E-state index in [2.05, 4.69) is 11.8 Å². The molecule has 1 aliphatic rings. The van der Waals surface area contributed by atoms with Gasteiger partial charge in [-0.3, -0.25) is 14.5 Å². The Labute approximate surface area is 183 Å². The van der Waals surface area contributed by atoms with Gasteiger partial charge in [0.05, 0.1) is 14.2 Å². The zero-order valence-electron chi connectivity index (χ0n) is 18.4. The number of rotatable bonds is 4. The molecule has 1 aliphatic heterocycles. The molecule has 0 spiro atoms. The average Bonchev–Trinajstić information content (AvgIpc) is 2.79. The second-order valence-electron chi connectivity index (χ2n) is 7.52. The summed E-state index contributed by atoms with van der Waals surface area (Å²) in [5.74, 6) is 6.57. The Hall–Kier alpha value is -3.52. The number of piperidine rings is 1. The fourth-order valence-electron chi connectivity index (χ4n) is 3.49. The molecule has 1 fully saturated rings. The monoisotopic (exact) mass is 417 g/mol. The maximum absolute atomic E-state index is 12.8. The number of imide groups is 1. The zero-order valence-corrected chi connectivity index (χ0v) is 18.4. The largest absolute Gasteiger partial charge is 0.497 e. The molecule has 1 unspecified atom stereocenters. The predicted molar refractivity (Wildman–Crippen MR) is 121 cm³/mol. The smallest absolute Gasteiger partial charge is 0.253 e. The molecule has 1 atom stereocenters. The van der Waals surface area contributed by atoms with Crippen molar-refractivity contribution in [1.82, 2.24) is 4.90 Å². The van der Waals surface area contributed by atoms with Crippen LogP contribution in [-0.4, -0.2) is 37.5 Å². The minimum absolute atomic E-state index is 0.237. The van der Waals surface area contributed by atoms with Gasteiger partial charge in [-0.25, -0.2) is 0 Å². The van der Waals surface area contributed by atoms with Gasteiger partial charge in [0.25, 0.3) is 5.91 Å². The number of benzene rings is 2. The number of methoxy groups -OCH3 is 2. The Morgan fingerprint density at radius 2 is 1.87 bits per heavy atom. The SMILES string of the molecule is COc1ccc(C#CC2CCCN(C(=O)/C=C/c3cc(C)c(C)c(OC)c3)C2=O)cc1. The standard InChI is InChI=1S/C26H27NO4/c1-18-16-21(17-24(31-4)19(18)2)10-14-25(28)27-15-5-6-22(26(27)29)11-7-20-8-12-23(30-3)13-9-20/h8-10,12-14,16-17,22H,5-6,15H2,1-4H3/b14-10+. The number of nitrogens with zero attached hydrogens (tertiary/aromatic N) is 1. The van der Waals surface area contributed by atoms with E-state index < -0.39 is 5.92 Å². The van der Waals surface area contributed by atoms with E-state index in [1.165, 1.54) is 11.0 Å². The summed E-state index contributed by atoms with van der Waals surface area (Å²) in [5.41, 5.74) is 3.80. The van der Waals surface area contributed by atoms with E-state index in [4.69, 9.17) is 9.47 Å². The highest BCUT2D eigenvalue weighted by molar-refractivity contribution is 6.04. The van der Waals surface area contributed by atoms with Crippen LogP contribution in [0.3, 0.4) is 0 Å². The number of carbonyl (C=O) groups is 2. The number of amides is 2. The van der Waals surface area contributed by atoms with Crippen molar-refractivity contribution in [1.29, 1.82) is 0 Å². The normalized spacial score (nSPS) is 16.1. The molecule has 2 aromatic carbocycles. The Morgan fingerprint density at radius 3 is 2.55 bits per heavy atom. The molecule has 0 N–H and O–H groups in total. The van der Waals surface area contributed by atoms with Crippen LogP contribution in [0.5, 0.6) is 11.5 Å². The second-order valence-corrected chi connectivity index (χ2v) is 7.52. The Bertz CT molecular complexity index is 1060. The number of ether oxygens (including phenoxy) is 2. The lowest BCUT2D eigenvalue weighted by molar-refractivity contribution is -0.145. The Morgan fingerprint density at radius 1 is 1.13 bits per heavy atom. The quantitative estimate of drug-likeness (QED) is 0.554. The molecule has 0 saturated carbocycles. The van der Waals surface area contributed by atoms with E-state index in [0.29, 0.717) is 13.0 Å². The molecule has 1 saturated heterocycles. The van der Waals surface area contributed by atoms with Gasteiger partial charge in [-0.1, -0.05) is 17.9 Å². The van der Waals surface area contributed by atoms with Crippen molar-refractivity contribution in [3.63, 3.8) is 0 Å². The number of aryl methyl sites for hydroxylation is 1. The number of hydrogen-bond donors (Lipinski definition) is 0. The average molecular weight is 418 g/mol. The van der Waals surface area contributed by atoms with Crippen molar-refractivity contribution < 1.29 is 19.1 Å². The third-order valence-corrected chi connectivity index (χ3v) is 5.47. The van der Waals surface area contributed by atoms with Crippen LogP contribution >= 0.6 is 0 Å². The van der Waals surface area contributed by atoms with Gasteiger partial charge in [-0.05, 0) is 79.8 Å².